The SMILES string of the molecule is CN1CCN(Cc2ccc(NC(=O)Nc3ccc(-c4cn(C5CC5)c5ncnc(N)c45)c4cnoc34)cc2C(F)(F)F)CC1. The number of aromatic nitrogens is 4. The number of piperazine rings is 1. The Morgan fingerprint density at radius 3 is 2.61 bits per heavy atom. The fourth-order valence-corrected chi connectivity index (χ4v) is 5.82. The van der Waals surface area contributed by atoms with E-state index in [0.717, 1.165) is 54.2 Å². The molecular formula is C30H30F3N9O2. The van der Waals surface area contributed by atoms with Crippen LogP contribution in [-0.4, -0.2) is 68.7 Å². The zero-order valence-corrected chi connectivity index (χ0v) is 23.9. The van der Waals surface area contributed by atoms with E-state index in [1.54, 1.807) is 12.3 Å². The van der Waals surface area contributed by atoms with Crippen molar-refractivity contribution in [1.29, 1.82) is 0 Å². The molecule has 1 aliphatic heterocycles. The summed E-state index contributed by atoms with van der Waals surface area (Å²) in [5.41, 5.74) is 8.62. The molecule has 0 bridgehead atoms. The maximum absolute atomic E-state index is 14.0. The molecule has 2 aromatic carbocycles. The lowest BCUT2D eigenvalue weighted by atomic mass is 10.0. The van der Waals surface area contributed by atoms with E-state index < -0.39 is 17.8 Å². The molecule has 0 radical (unpaired) electrons. The number of hydrogen-bond acceptors (Lipinski definition) is 8. The summed E-state index contributed by atoms with van der Waals surface area (Å²) in [5, 5.41) is 10.5. The summed E-state index contributed by atoms with van der Waals surface area (Å²) in [6.07, 6.45) is 2.52. The average Bonchev–Trinajstić information content (AvgIpc) is 3.56. The molecule has 1 saturated carbocycles. The second-order valence-corrected chi connectivity index (χ2v) is 11.4. The predicted octanol–water partition coefficient (Wildman–Crippen LogP) is 5.57. The van der Waals surface area contributed by atoms with Crippen molar-refractivity contribution < 1.29 is 22.5 Å². The molecule has 228 valence electrons. The number of amides is 2. The van der Waals surface area contributed by atoms with Gasteiger partial charge in [0.05, 0.1) is 28.2 Å². The summed E-state index contributed by atoms with van der Waals surface area (Å²) in [5.74, 6) is 0.350. The van der Waals surface area contributed by atoms with Crippen LogP contribution in [-0.2, 0) is 12.7 Å². The van der Waals surface area contributed by atoms with Crippen LogP contribution in [0.1, 0.15) is 30.0 Å². The molecule has 5 aromatic rings. The number of alkyl halides is 3. The van der Waals surface area contributed by atoms with Gasteiger partial charge in [-0.2, -0.15) is 13.2 Å². The van der Waals surface area contributed by atoms with Crippen molar-refractivity contribution in [2.45, 2.75) is 31.6 Å². The summed E-state index contributed by atoms with van der Waals surface area (Å²) in [6, 6.07) is 6.97. The van der Waals surface area contributed by atoms with Crippen LogP contribution in [0.25, 0.3) is 33.1 Å². The summed E-state index contributed by atoms with van der Waals surface area (Å²) < 4.78 is 49.7. The van der Waals surface area contributed by atoms with E-state index in [4.69, 9.17) is 10.3 Å². The van der Waals surface area contributed by atoms with Gasteiger partial charge in [-0.3, -0.25) is 4.90 Å². The number of rotatable bonds is 6. The highest BCUT2D eigenvalue weighted by atomic mass is 19.4. The molecule has 1 saturated heterocycles. The van der Waals surface area contributed by atoms with Gasteiger partial charge in [0.25, 0.3) is 0 Å². The molecule has 7 rings (SSSR count). The average molecular weight is 606 g/mol. The van der Waals surface area contributed by atoms with Crippen molar-refractivity contribution in [1.82, 2.24) is 29.5 Å². The van der Waals surface area contributed by atoms with Crippen LogP contribution in [0.3, 0.4) is 0 Å². The van der Waals surface area contributed by atoms with Crippen molar-refractivity contribution in [3.05, 3.63) is 60.2 Å². The first-order valence-electron chi connectivity index (χ1n) is 14.3. The maximum atomic E-state index is 14.0. The number of nitrogens with two attached hydrogens (primary N) is 1. The Labute approximate surface area is 249 Å². The number of halogens is 3. The van der Waals surface area contributed by atoms with Crippen molar-refractivity contribution >= 4 is 45.2 Å². The van der Waals surface area contributed by atoms with Crippen LogP contribution in [0.2, 0.25) is 0 Å². The first-order chi connectivity index (χ1) is 21.2. The smallest absolute Gasteiger partial charge is 0.383 e. The van der Waals surface area contributed by atoms with Crippen LogP contribution in [0, 0.1) is 0 Å². The summed E-state index contributed by atoms with van der Waals surface area (Å²) in [7, 11) is 1.99. The monoisotopic (exact) mass is 605 g/mol. The first kappa shape index (κ1) is 28.1. The minimum Gasteiger partial charge on any atom is -0.383 e. The molecule has 3 aromatic heterocycles. The van der Waals surface area contributed by atoms with E-state index in [2.05, 4.69) is 35.2 Å². The third-order valence-corrected chi connectivity index (χ3v) is 8.30. The van der Waals surface area contributed by atoms with Gasteiger partial charge in [-0.25, -0.2) is 14.8 Å². The summed E-state index contributed by atoms with van der Waals surface area (Å²) >= 11 is 0. The number of fused-ring (bicyclic) bond motifs is 2. The lowest BCUT2D eigenvalue weighted by molar-refractivity contribution is -0.138. The van der Waals surface area contributed by atoms with E-state index in [1.807, 2.05) is 24.2 Å². The highest BCUT2D eigenvalue weighted by molar-refractivity contribution is 6.11. The number of nitrogens with zero attached hydrogens (tertiary/aromatic N) is 6. The number of benzene rings is 2. The van der Waals surface area contributed by atoms with E-state index >= 15 is 0 Å². The van der Waals surface area contributed by atoms with Crippen molar-refractivity contribution in [3.63, 3.8) is 0 Å². The Bertz CT molecular complexity index is 1870. The maximum Gasteiger partial charge on any atom is 0.416 e. The van der Waals surface area contributed by atoms with Crippen molar-refractivity contribution in [2.75, 3.05) is 49.6 Å². The van der Waals surface area contributed by atoms with Gasteiger partial charge in [-0.05, 0) is 49.2 Å². The third kappa shape index (κ3) is 5.30. The summed E-state index contributed by atoms with van der Waals surface area (Å²) in [4.78, 5) is 25.8. The van der Waals surface area contributed by atoms with E-state index in [0.29, 0.717) is 41.6 Å². The fraction of sp³-hybridized carbons (Fsp3) is 0.333. The largest absolute Gasteiger partial charge is 0.416 e. The lowest BCUT2D eigenvalue weighted by Gasteiger charge is -2.33. The molecule has 2 amide bonds. The number of carbonyl (C=O) groups is 1. The van der Waals surface area contributed by atoms with E-state index in [9.17, 15) is 18.0 Å². The molecule has 2 aliphatic rings. The van der Waals surface area contributed by atoms with Crippen LogP contribution >= 0.6 is 0 Å². The Balaban J connectivity index is 1.13. The first-order valence-corrected chi connectivity index (χ1v) is 14.3. The second kappa shape index (κ2) is 10.8. The second-order valence-electron chi connectivity index (χ2n) is 11.4. The fourth-order valence-electron chi connectivity index (χ4n) is 5.82. The van der Waals surface area contributed by atoms with Gasteiger partial charge >= 0.3 is 12.2 Å². The van der Waals surface area contributed by atoms with Gasteiger partial charge in [0.15, 0.2) is 5.58 Å². The lowest BCUT2D eigenvalue weighted by Crippen LogP contribution is -2.44. The molecule has 1 aliphatic carbocycles. The van der Waals surface area contributed by atoms with Gasteiger partial charge in [0.2, 0.25) is 0 Å². The van der Waals surface area contributed by atoms with Gasteiger partial charge in [0, 0.05) is 56.2 Å². The number of nitrogens with one attached hydrogen (secondary N) is 2. The topological polar surface area (TPSA) is 130 Å². The standard InChI is InChI=1S/C30H30F3N9O2/c1-40-8-10-41(11-9-40)14-17-2-3-18(12-23(17)30(31,32)33)38-29(43)39-24-7-6-20(21-13-37-44-26(21)24)22-15-42(19-4-5-19)28-25(22)27(34)35-16-36-28/h2-3,6-7,12-13,15-16,19H,4-5,8-11,14H2,1H3,(H2,34,35,36)(H2,38,39,43). The van der Waals surface area contributed by atoms with Crippen LogP contribution in [0.15, 0.2) is 53.6 Å². The Kier molecular flexibility index (Phi) is 6.89. The quantitative estimate of drug-likeness (QED) is 0.229. The minimum atomic E-state index is -4.57. The highest BCUT2D eigenvalue weighted by Crippen LogP contribution is 2.44. The number of urea groups is 1. The number of hydrogen-bond donors (Lipinski definition) is 3. The Hall–Kier alpha value is -4.69. The molecule has 44 heavy (non-hydrogen) atoms. The molecular weight excluding hydrogens is 575 g/mol. The predicted molar refractivity (Wildman–Crippen MR) is 160 cm³/mol. The van der Waals surface area contributed by atoms with Gasteiger partial charge in [-0.15, -0.1) is 0 Å². The normalized spacial score (nSPS) is 16.5. The number of carbonyl (C=O) groups excluding carboxylic acids is 1. The molecule has 4 heterocycles. The molecule has 0 spiro atoms. The molecule has 4 N–H and O–H groups in total. The number of nitrogen functional groups attached to an aromatic ring is 1. The molecule has 2 fully saturated rings. The van der Waals surface area contributed by atoms with Gasteiger partial charge in [0.1, 0.15) is 17.8 Å². The van der Waals surface area contributed by atoms with Crippen LogP contribution < -0.4 is 16.4 Å². The van der Waals surface area contributed by atoms with E-state index in [-0.39, 0.29) is 17.8 Å². The number of anilines is 3. The van der Waals surface area contributed by atoms with E-state index in [1.165, 1.54) is 18.5 Å². The van der Waals surface area contributed by atoms with Gasteiger partial charge < -0.3 is 30.4 Å². The summed E-state index contributed by atoms with van der Waals surface area (Å²) in [6.45, 7) is 3.16. The van der Waals surface area contributed by atoms with Crippen LogP contribution in [0.5, 0.6) is 0 Å². The molecule has 0 unspecified atom stereocenters. The number of likely N-dealkylation sites (N-methyl/N-ethyl adjacent to an activating group) is 1. The van der Waals surface area contributed by atoms with Gasteiger partial charge in [-0.1, -0.05) is 17.3 Å². The Morgan fingerprint density at radius 2 is 1.86 bits per heavy atom. The molecule has 14 heteroatoms. The zero-order chi connectivity index (χ0) is 30.6. The van der Waals surface area contributed by atoms with Crippen LogP contribution in [0.4, 0.5) is 35.2 Å². The van der Waals surface area contributed by atoms with Crippen molar-refractivity contribution in [2.24, 2.45) is 0 Å². The molecule has 11 nitrogen and oxygen atoms in total. The third-order valence-electron chi connectivity index (χ3n) is 8.30. The Morgan fingerprint density at radius 1 is 1.07 bits per heavy atom. The van der Waals surface area contributed by atoms with Crippen molar-refractivity contribution in [3.8, 4) is 11.1 Å². The minimum absolute atomic E-state index is 0.0192. The zero-order valence-electron chi connectivity index (χ0n) is 23.9. The highest BCUT2D eigenvalue weighted by Gasteiger charge is 2.34. The molecule has 0 atom stereocenters.